The van der Waals surface area contributed by atoms with Crippen molar-refractivity contribution in [1.29, 1.82) is 0 Å². The number of carbonyl (C=O) groups is 1. The largest absolute Gasteiger partial charge is 0.493 e. The van der Waals surface area contributed by atoms with Crippen molar-refractivity contribution in [3.8, 4) is 5.75 Å². The van der Waals surface area contributed by atoms with Gasteiger partial charge in [0.1, 0.15) is 5.75 Å². The summed E-state index contributed by atoms with van der Waals surface area (Å²) in [5.41, 5.74) is 1.41. The third-order valence-electron chi connectivity index (χ3n) is 5.52. The standard InChI is InChI=1S/C22H25NO2/c24-22(21-15-19(21)16-25-20-9-5-2-6-10-20)23-13-11-18(12-14-23)17-7-3-1-4-8-17/h1-10,18-19,21H,11-16H2. The summed E-state index contributed by atoms with van der Waals surface area (Å²) < 4.78 is 5.80. The highest BCUT2D eigenvalue weighted by Gasteiger charge is 2.45. The second kappa shape index (κ2) is 7.30. The zero-order valence-corrected chi connectivity index (χ0v) is 14.5. The number of piperidine rings is 1. The molecule has 2 aliphatic rings. The number of hydrogen-bond acceptors (Lipinski definition) is 2. The van der Waals surface area contributed by atoms with Gasteiger partial charge in [0, 0.05) is 24.9 Å². The Bertz CT molecular complexity index is 692. The highest BCUT2D eigenvalue weighted by molar-refractivity contribution is 5.81. The first kappa shape index (κ1) is 16.2. The van der Waals surface area contributed by atoms with Gasteiger partial charge in [-0.3, -0.25) is 4.79 Å². The van der Waals surface area contributed by atoms with E-state index >= 15 is 0 Å². The topological polar surface area (TPSA) is 29.5 Å². The third kappa shape index (κ3) is 3.87. The summed E-state index contributed by atoms with van der Waals surface area (Å²) in [6, 6.07) is 20.6. The predicted molar refractivity (Wildman–Crippen MR) is 98.5 cm³/mol. The molecule has 0 spiro atoms. The van der Waals surface area contributed by atoms with Crippen LogP contribution in [-0.2, 0) is 4.79 Å². The van der Waals surface area contributed by atoms with E-state index in [-0.39, 0.29) is 5.92 Å². The van der Waals surface area contributed by atoms with E-state index in [0.717, 1.165) is 38.1 Å². The fraction of sp³-hybridized carbons (Fsp3) is 0.409. The molecule has 4 rings (SSSR count). The third-order valence-corrected chi connectivity index (χ3v) is 5.52. The van der Waals surface area contributed by atoms with Gasteiger partial charge in [0.25, 0.3) is 0 Å². The maximum absolute atomic E-state index is 12.7. The smallest absolute Gasteiger partial charge is 0.226 e. The molecule has 1 heterocycles. The molecule has 1 saturated carbocycles. The van der Waals surface area contributed by atoms with E-state index in [1.165, 1.54) is 5.56 Å². The Morgan fingerprint density at radius 1 is 0.960 bits per heavy atom. The van der Waals surface area contributed by atoms with Gasteiger partial charge in [-0.2, -0.15) is 0 Å². The van der Waals surface area contributed by atoms with Gasteiger partial charge in [0.15, 0.2) is 0 Å². The van der Waals surface area contributed by atoms with E-state index < -0.39 is 0 Å². The lowest BCUT2D eigenvalue weighted by Crippen LogP contribution is -2.39. The molecule has 130 valence electrons. The lowest BCUT2D eigenvalue weighted by Gasteiger charge is -2.32. The number of benzene rings is 2. The highest BCUT2D eigenvalue weighted by Crippen LogP contribution is 2.41. The van der Waals surface area contributed by atoms with Gasteiger partial charge in [-0.15, -0.1) is 0 Å². The van der Waals surface area contributed by atoms with Crippen LogP contribution in [0, 0.1) is 11.8 Å². The van der Waals surface area contributed by atoms with E-state index in [1.807, 2.05) is 30.3 Å². The van der Waals surface area contributed by atoms with Gasteiger partial charge >= 0.3 is 0 Å². The summed E-state index contributed by atoms with van der Waals surface area (Å²) in [6.07, 6.45) is 3.13. The Morgan fingerprint density at radius 2 is 1.60 bits per heavy atom. The van der Waals surface area contributed by atoms with Gasteiger partial charge in [-0.1, -0.05) is 48.5 Å². The van der Waals surface area contributed by atoms with E-state index in [2.05, 4.69) is 35.2 Å². The SMILES string of the molecule is O=C(C1CC1COc1ccccc1)N1CCC(c2ccccc2)CC1. The predicted octanol–water partition coefficient (Wildman–Crippen LogP) is 4.11. The van der Waals surface area contributed by atoms with Crippen molar-refractivity contribution in [2.45, 2.75) is 25.2 Å². The molecular formula is C22H25NO2. The molecule has 2 atom stereocenters. The normalized spacial score (nSPS) is 23.3. The van der Waals surface area contributed by atoms with Crippen LogP contribution in [0.15, 0.2) is 60.7 Å². The second-order valence-electron chi connectivity index (χ2n) is 7.24. The number of ether oxygens (including phenoxy) is 1. The summed E-state index contributed by atoms with van der Waals surface area (Å²) in [7, 11) is 0. The van der Waals surface area contributed by atoms with Crippen molar-refractivity contribution in [2.24, 2.45) is 11.8 Å². The second-order valence-corrected chi connectivity index (χ2v) is 7.24. The summed E-state index contributed by atoms with van der Waals surface area (Å²) >= 11 is 0. The summed E-state index contributed by atoms with van der Waals surface area (Å²) in [6.45, 7) is 2.43. The first-order valence-electron chi connectivity index (χ1n) is 9.33. The number of likely N-dealkylation sites (tertiary alicyclic amines) is 1. The van der Waals surface area contributed by atoms with Gasteiger partial charge in [-0.25, -0.2) is 0 Å². The van der Waals surface area contributed by atoms with Gasteiger partial charge in [-0.05, 0) is 42.9 Å². The van der Waals surface area contributed by atoms with Crippen LogP contribution >= 0.6 is 0 Å². The molecule has 2 aromatic rings. The number of hydrogen-bond donors (Lipinski definition) is 0. The molecular weight excluding hydrogens is 310 g/mol. The quantitative estimate of drug-likeness (QED) is 0.823. The van der Waals surface area contributed by atoms with Crippen LogP contribution in [0.25, 0.3) is 0 Å². The van der Waals surface area contributed by atoms with Crippen LogP contribution in [0.2, 0.25) is 0 Å². The molecule has 0 radical (unpaired) electrons. The summed E-state index contributed by atoms with van der Waals surface area (Å²) in [5.74, 6) is 2.40. The van der Waals surface area contributed by atoms with Gasteiger partial charge in [0.2, 0.25) is 5.91 Å². The molecule has 3 nitrogen and oxygen atoms in total. The molecule has 1 aliphatic heterocycles. The number of para-hydroxylation sites is 1. The summed E-state index contributed by atoms with van der Waals surface area (Å²) in [5, 5.41) is 0. The molecule has 1 aliphatic carbocycles. The van der Waals surface area contributed by atoms with Crippen LogP contribution < -0.4 is 4.74 Å². The Hall–Kier alpha value is -2.29. The molecule has 0 bridgehead atoms. The molecule has 25 heavy (non-hydrogen) atoms. The monoisotopic (exact) mass is 335 g/mol. The molecule has 1 amide bonds. The first-order chi connectivity index (χ1) is 12.3. The Kier molecular flexibility index (Phi) is 4.73. The minimum Gasteiger partial charge on any atom is -0.493 e. The molecule has 2 fully saturated rings. The fourth-order valence-corrected chi connectivity index (χ4v) is 3.85. The summed E-state index contributed by atoms with van der Waals surface area (Å²) in [4.78, 5) is 14.8. The van der Waals surface area contributed by atoms with Crippen LogP contribution in [-0.4, -0.2) is 30.5 Å². The van der Waals surface area contributed by atoms with Crippen LogP contribution in [0.4, 0.5) is 0 Å². The number of carbonyl (C=O) groups excluding carboxylic acids is 1. The van der Waals surface area contributed by atoms with Crippen molar-refractivity contribution in [3.63, 3.8) is 0 Å². The van der Waals surface area contributed by atoms with Crippen LogP contribution in [0.5, 0.6) is 5.75 Å². The minimum absolute atomic E-state index is 0.178. The molecule has 0 aromatic heterocycles. The van der Waals surface area contributed by atoms with E-state index in [9.17, 15) is 4.79 Å². The highest BCUT2D eigenvalue weighted by atomic mass is 16.5. The van der Waals surface area contributed by atoms with Crippen molar-refractivity contribution in [3.05, 3.63) is 66.2 Å². The van der Waals surface area contributed by atoms with Crippen LogP contribution in [0.1, 0.15) is 30.7 Å². The first-order valence-corrected chi connectivity index (χ1v) is 9.33. The maximum Gasteiger partial charge on any atom is 0.226 e. The Morgan fingerprint density at radius 3 is 2.28 bits per heavy atom. The molecule has 1 saturated heterocycles. The average Bonchev–Trinajstić information content (AvgIpc) is 3.47. The van der Waals surface area contributed by atoms with E-state index in [1.54, 1.807) is 0 Å². The lowest BCUT2D eigenvalue weighted by molar-refractivity contribution is -0.134. The number of rotatable bonds is 5. The molecule has 0 N–H and O–H groups in total. The van der Waals surface area contributed by atoms with Gasteiger partial charge < -0.3 is 9.64 Å². The zero-order chi connectivity index (χ0) is 17.1. The lowest BCUT2D eigenvalue weighted by atomic mass is 9.89. The van der Waals surface area contributed by atoms with Crippen molar-refractivity contribution >= 4 is 5.91 Å². The molecule has 2 aromatic carbocycles. The van der Waals surface area contributed by atoms with Crippen LogP contribution in [0.3, 0.4) is 0 Å². The number of amides is 1. The van der Waals surface area contributed by atoms with E-state index in [4.69, 9.17) is 4.74 Å². The van der Waals surface area contributed by atoms with Gasteiger partial charge in [0.05, 0.1) is 6.61 Å². The maximum atomic E-state index is 12.7. The average molecular weight is 335 g/mol. The van der Waals surface area contributed by atoms with Crippen molar-refractivity contribution in [2.75, 3.05) is 19.7 Å². The Balaban J connectivity index is 1.23. The zero-order valence-electron chi connectivity index (χ0n) is 14.5. The minimum atomic E-state index is 0.178. The molecule has 3 heteroatoms. The fourth-order valence-electron chi connectivity index (χ4n) is 3.85. The number of nitrogens with zero attached hydrogens (tertiary/aromatic N) is 1. The molecule has 2 unspecified atom stereocenters. The Labute approximate surface area is 149 Å². The van der Waals surface area contributed by atoms with Crippen molar-refractivity contribution in [1.82, 2.24) is 4.90 Å². The van der Waals surface area contributed by atoms with E-state index in [0.29, 0.717) is 24.3 Å². The van der Waals surface area contributed by atoms with Crippen molar-refractivity contribution < 1.29 is 9.53 Å².